The van der Waals surface area contributed by atoms with E-state index in [-0.39, 0.29) is 12.2 Å². The Bertz CT molecular complexity index is 218. The second-order valence-electron chi connectivity index (χ2n) is 2.30. The van der Waals surface area contributed by atoms with E-state index in [4.69, 9.17) is 0 Å². The molecule has 0 spiro atoms. The predicted molar refractivity (Wildman–Crippen MR) is 35.7 cm³/mol. The number of cyclic esters (lactones) is 1. The zero-order chi connectivity index (χ0) is 8.43. The number of rotatable bonds is 2. The average Bonchev–Trinajstić information content (AvgIpc) is 1.96. The number of ether oxygens (including phenoxy) is 2. The first-order chi connectivity index (χ1) is 5.11. The van der Waals surface area contributed by atoms with E-state index in [0.717, 1.165) is 0 Å². The molecule has 1 fully saturated rings. The molecule has 0 radical (unpaired) electrons. The first-order valence-corrected chi connectivity index (χ1v) is 3.14. The highest BCUT2D eigenvalue weighted by molar-refractivity contribution is 5.90. The monoisotopic (exact) mass is 156 g/mol. The molecule has 1 aliphatic rings. The summed E-state index contributed by atoms with van der Waals surface area (Å²) in [4.78, 5) is 21.2. The van der Waals surface area contributed by atoms with Crippen molar-refractivity contribution in [3.8, 4) is 0 Å². The average molecular weight is 156 g/mol. The Morgan fingerprint density at radius 1 is 1.82 bits per heavy atom. The van der Waals surface area contributed by atoms with E-state index in [2.05, 4.69) is 16.1 Å². The fourth-order valence-electron chi connectivity index (χ4n) is 0.531. The Morgan fingerprint density at radius 3 is 2.73 bits per heavy atom. The lowest BCUT2D eigenvalue weighted by Crippen LogP contribution is -2.43. The smallest absolute Gasteiger partial charge is 0.351 e. The standard InChI is InChI=1S/C7H8O4/c1-4(2)6(8)11-5-3-10-7(5)9/h5H,1,3H2,2H3. The van der Waals surface area contributed by atoms with Crippen molar-refractivity contribution >= 4 is 11.9 Å². The number of carbonyl (C=O) groups excluding carboxylic acids is 2. The lowest BCUT2D eigenvalue weighted by atomic mass is 10.3. The molecule has 4 heteroatoms. The number of hydrogen-bond donors (Lipinski definition) is 0. The van der Waals surface area contributed by atoms with Crippen molar-refractivity contribution in [3.05, 3.63) is 12.2 Å². The molecule has 0 aromatic rings. The van der Waals surface area contributed by atoms with Gasteiger partial charge >= 0.3 is 11.9 Å². The van der Waals surface area contributed by atoms with Crippen molar-refractivity contribution in [1.29, 1.82) is 0 Å². The Hall–Kier alpha value is -1.32. The van der Waals surface area contributed by atoms with E-state index in [0.29, 0.717) is 0 Å². The van der Waals surface area contributed by atoms with E-state index >= 15 is 0 Å². The molecule has 0 saturated carbocycles. The van der Waals surface area contributed by atoms with Gasteiger partial charge in [0, 0.05) is 5.57 Å². The van der Waals surface area contributed by atoms with Crippen LogP contribution in [0.25, 0.3) is 0 Å². The van der Waals surface area contributed by atoms with Gasteiger partial charge in [-0.15, -0.1) is 0 Å². The Morgan fingerprint density at radius 2 is 2.45 bits per heavy atom. The molecule has 1 saturated heterocycles. The molecule has 1 atom stereocenters. The van der Waals surface area contributed by atoms with Crippen molar-refractivity contribution in [2.75, 3.05) is 6.61 Å². The van der Waals surface area contributed by atoms with Gasteiger partial charge in [-0.2, -0.15) is 0 Å². The van der Waals surface area contributed by atoms with Crippen LogP contribution in [-0.2, 0) is 19.1 Å². The van der Waals surface area contributed by atoms with Crippen LogP contribution >= 0.6 is 0 Å². The highest BCUT2D eigenvalue weighted by Crippen LogP contribution is 2.09. The summed E-state index contributed by atoms with van der Waals surface area (Å²) in [6.07, 6.45) is -0.709. The summed E-state index contributed by atoms with van der Waals surface area (Å²) < 4.78 is 9.03. The summed E-state index contributed by atoms with van der Waals surface area (Å²) in [5, 5.41) is 0. The number of hydrogen-bond acceptors (Lipinski definition) is 4. The third-order valence-corrected chi connectivity index (χ3v) is 1.24. The second-order valence-corrected chi connectivity index (χ2v) is 2.30. The van der Waals surface area contributed by atoms with Gasteiger partial charge in [-0.1, -0.05) is 6.58 Å². The van der Waals surface area contributed by atoms with Crippen LogP contribution < -0.4 is 0 Å². The molecule has 0 bridgehead atoms. The maximum Gasteiger partial charge on any atom is 0.351 e. The van der Waals surface area contributed by atoms with Crippen molar-refractivity contribution in [3.63, 3.8) is 0 Å². The van der Waals surface area contributed by atoms with Crippen LogP contribution in [0.3, 0.4) is 0 Å². The summed E-state index contributed by atoms with van der Waals surface area (Å²) in [5.41, 5.74) is 0.282. The Balaban J connectivity index is 2.37. The van der Waals surface area contributed by atoms with Crippen LogP contribution in [0, 0.1) is 0 Å². The van der Waals surface area contributed by atoms with Crippen molar-refractivity contribution in [2.45, 2.75) is 13.0 Å². The Labute approximate surface area is 63.8 Å². The zero-order valence-corrected chi connectivity index (χ0v) is 6.12. The predicted octanol–water partition coefficient (Wildman–Crippen LogP) is 0.0311. The third-order valence-electron chi connectivity index (χ3n) is 1.24. The second kappa shape index (κ2) is 2.74. The van der Waals surface area contributed by atoms with Gasteiger partial charge in [0.2, 0.25) is 6.10 Å². The molecule has 1 rings (SSSR count). The molecular weight excluding hydrogens is 148 g/mol. The van der Waals surface area contributed by atoms with Gasteiger partial charge in [0.15, 0.2) is 0 Å². The minimum Gasteiger partial charge on any atom is -0.458 e. The molecule has 0 amide bonds. The Kier molecular flexibility index (Phi) is 1.94. The van der Waals surface area contributed by atoms with Crippen LogP contribution in [0.5, 0.6) is 0 Å². The SMILES string of the molecule is C=C(C)C(=O)OC1COC1=O. The fourth-order valence-corrected chi connectivity index (χ4v) is 0.531. The van der Waals surface area contributed by atoms with Gasteiger partial charge in [0.25, 0.3) is 0 Å². The summed E-state index contributed by atoms with van der Waals surface area (Å²) in [6, 6.07) is 0. The first kappa shape index (κ1) is 7.78. The molecular formula is C7H8O4. The van der Waals surface area contributed by atoms with E-state index in [1.165, 1.54) is 6.92 Å². The van der Waals surface area contributed by atoms with E-state index in [9.17, 15) is 9.59 Å². The van der Waals surface area contributed by atoms with Crippen LogP contribution in [0.15, 0.2) is 12.2 Å². The van der Waals surface area contributed by atoms with Gasteiger partial charge in [-0.05, 0) is 6.92 Å². The van der Waals surface area contributed by atoms with E-state index < -0.39 is 18.0 Å². The minimum atomic E-state index is -0.709. The highest BCUT2D eigenvalue weighted by atomic mass is 16.6. The summed E-state index contributed by atoms with van der Waals surface area (Å²) in [6.45, 7) is 5.05. The molecule has 1 unspecified atom stereocenters. The van der Waals surface area contributed by atoms with E-state index in [1.54, 1.807) is 0 Å². The molecule has 1 aliphatic heterocycles. The lowest BCUT2D eigenvalue weighted by Gasteiger charge is -2.23. The first-order valence-electron chi connectivity index (χ1n) is 3.14. The minimum absolute atomic E-state index is 0.165. The van der Waals surface area contributed by atoms with Crippen LogP contribution in [0.4, 0.5) is 0 Å². The van der Waals surface area contributed by atoms with Crippen LogP contribution in [0.2, 0.25) is 0 Å². The summed E-state index contributed by atoms with van der Waals surface area (Å²) >= 11 is 0. The molecule has 0 N–H and O–H groups in total. The molecule has 4 nitrogen and oxygen atoms in total. The molecule has 60 valence electrons. The number of carbonyl (C=O) groups is 2. The van der Waals surface area contributed by atoms with Gasteiger partial charge in [-0.3, -0.25) is 0 Å². The number of esters is 2. The van der Waals surface area contributed by atoms with Crippen LogP contribution in [0.1, 0.15) is 6.92 Å². The maximum absolute atomic E-state index is 10.8. The van der Waals surface area contributed by atoms with Crippen molar-refractivity contribution in [2.24, 2.45) is 0 Å². The van der Waals surface area contributed by atoms with Crippen molar-refractivity contribution < 1.29 is 19.1 Å². The van der Waals surface area contributed by atoms with Crippen LogP contribution in [-0.4, -0.2) is 24.6 Å². The highest BCUT2D eigenvalue weighted by Gasteiger charge is 2.34. The molecule has 0 aliphatic carbocycles. The van der Waals surface area contributed by atoms with Gasteiger partial charge in [0.05, 0.1) is 0 Å². The largest absolute Gasteiger partial charge is 0.458 e. The molecule has 11 heavy (non-hydrogen) atoms. The van der Waals surface area contributed by atoms with Gasteiger partial charge < -0.3 is 9.47 Å². The van der Waals surface area contributed by atoms with Crippen molar-refractivity contribution in [1.82, 2.24) is 0 Å². The van der Waals surface area contributed by atoms with E-state index in [1.807, 2.05) is 0 Å². The van der Waals surface area contributed by atoms with Gasteiger partial charge in [0.1, 0.15) is 6.61 Å². The summed E-state index contributed by atoms with van der Waals surface area (Å²) in [5.74, 6) is -1.04. The lowest BCUT2D eigenvalue weighted by molar-refractivity contribution is -0.189. The zero-order valence-electron chi connectivity index (χ0n) is 6.12. The molecule has 1 heterocycles. The topological polar surface area (TPSA) is 52.6 Å². The fraction of sp³-hybridized carbons (Fsp3) is 0.429. The normalized spacial score (nSPS) is 21.5. The maximum atomic E-state index is 10.8. The third kappa shape index (κ3) is 1.58. The quantitative estimate of drug-likeness (QED) is 0.418. The van der Waals surface area contributed by atoms with Gasteiger partial charge in [-0.25, -0.2) is 9.59 Å². The molecule has 0 aromatic carbocycles. The summed E-state index contributed by atoms with van der Waals surface area (Å²) in [7, 11) is 0. The molecule has 0 aromatic heterocycles.